The molecule has 1 N–H and O–H groups in total. The predicted octanol–water partition coefficient (Wildman–Crippen LogP) is 3.20. The summed E-state index contributed by atoms with van der Waals surface area (Å²) >= 11 is 6.16. The minimum Gasteiger partial charge on any atom is -0.492 e. The molecule has 1 heterocycles. The standard InChI is InChI=1S/C20H21ClN2O3/c1-14-5-4-6-16(11-14)26-10-9-22-20(25)15-12-19(24)23(13-15)18-8-3-2-7-17(18)21/h2-8,11,15H,9-10,12-13H2,1H3,(H,22,25)/t15-/m1/s1. The van der Waals surface area contributed by atoms with Gasteiger partial charge in [0.1, 0.15) is 12.4 Å². The number of para-hydroxylation sites is 1. The predicted molar refractivity (Wildman–Crippen MR) is 102 cm³/mol. The Bertz CT molecular complexity index is 809. The Labute approximate surface area is 157 Å². The molecule has 26 heavy (non-hydrogen) atoms. The van der Waals surface area contributed by atoms with Crippen LogP contribution in [0.2, 0.25) is 5.02 Å². The number of ether oxygens (including phenoxy) is 1. The van der Waals surface area contributed by atoms with Crippen molar-refractivity contribution in [1.82, 2.24) is 5.32 Å². The monoisotopic (exact) mass is 372 g/mol. The van der Waals surface area contributed by atoms with E-state index in [9.17, 15) is 9.59 Å². The van der Waals surface area contributed by atoms with E-state index in [0.29, 0.717) is 30.4 Å². The van der Waals surface area contributed by atoms with Crippen molar-refractivity contribution in [2.24, 2.45) is 5.92 Å². The first-order valence-corrected chi connectivity index (χ1v) is 8.94. The zero-order valence-corrected chi connectivity index (χ0v) is 15.3. The van der Waals surface area contributed by atoms with Crippen LogP contribution >= 0.6 is 11.6 Å². The lowest BCUT2D eigenvalue weighted by Gasteiger charge is -2.18. The highest BCUT2D eigenvalue weighted by Gasteiger charge is 2.35. The number of hydrogen-bond donors (Lipinski definition) is 1. The highest BCUT2D eigenvalue weighted by atomic mass is 35.5. The SMILES string of the molecule is Cc1cccc(OCCNC(=O)[C@@H]2CC(=O)N(c3ccccc3Cl)C2)c1. The molecule has 1 atom stereocenters. The second kappa shape index (κ2) is 8.23. The molecule has 3 rings (SSSR count). The minimum absolute atomic E-state index is 0.0886. The van der Waals surface area contributed by atoms with Gasteiger partial charge in [-0.05, 0) is 36.8 Å². The molecular formula is C20H21ClN2O3. The van der Waals surface area contributed by atoms with Gasteiger partial charge in [0, 0.05) is 13.0 Å². The van der Waals surface area contributed by atoms with E-state index >= 15 is 0 Å². The lowest BCUT2D eigenvalue weighted by atomic mass is 10.1. The van der Waals surface area contributed by atoms with Crippen molar-refractivity contribution in [1.29, 1.82) is 0 Å². The Morgan fingerprint density at radius 3 is 2.85 bits per heavy atom. The third-order valence-electron chi connectivity index (χ3n) is 4.30. The summed E-state index contributed by atoms with van der Waals surface area (Å²) < 4.78 is 5.62. The molecule has 0 unspecified atom stereocenters. The number of nitrogens with one attached hydrogen (secondary N) is 1. The van der Waals surface area contributed by atoms with Crippen molar-refractivity contribution in [3.63, 3.8) is 0 Å². The van der Waals surface area contributed by atoms with Gasteiger partial charge in [-0.3, -0.25) is 9.59 Å². The van der Waals surface area contributed by atoms with E-state index in [1.165, 1.54) is 0 Å². The number of anilines is 1. The summed E-state index contributed by atoms with van der Waals surface area (Å²) in [5.41, 5.74) is 1.77. The maximum Gasteiger partial charge on any atom is 0.227 e. The van der Waals surface area contributed by atoms with Crippen LogP contribution in [-0.4, -0.2) is 31.5 Å². The molecule has 0 radical (unpaired) electrons. The number of amides is 2. The van der Waals surface area contributed by atoms with Crippen molar-refractivity contribution >= 4 is 29.1 Å². The zero-order valence-electron chi connectivity index (χ0n) is 14.6. The maximum absolute atomic E-state index is 12.3. The molecule has 0 aromatic heterocycles. The number of carbonyl (C=O) groups is 2. The van der Waals surface area contributed by atoms with Gasteiger partial charge >= 0.3 is 0 Å². The van der Waals surface area contributed by atoms with E-state index in [2.05, 4.69) is 5.32 Å². The molecule has 0 bridgehead atoms. The summed E-state index contributed by atoms with van der Waals surface area (Å²) in [5, 5.41) is 3.35. The zero-order chi connectivity index (χ0) is 18.5. The van der Waals surface area contributed by atoms with Crippen molar-refractivity contribution in [3.05, 3.63) is 59.1 Å². The molecule has 1 saturated heterocycles. The topological polar surface area (TPSA) is 58.6 Å². The van der Waals surface area contributed by atoms with Crippen LogP contribution in [0, 0.1) is 12.8 Å². The molecule has 136 valence electrons. The average Bonchev–Trinajstić information content (AvgIpc) is 3.01. The largest absolute Gasteiger partial charge is 0.492 e. The Hall–Kier alpha value is -2.53. The van der Waals surface area contributed by atoms with Gasteiger partial charge in [0.25, 0.3) is 0 Å². The molecule has 1 aliphatic heterocycles. The number of nitrogens with zero attached hydrogens (tertiary/aromatic N) is 1. The van der Waals surface area contributed by atoms with Crippen molar-refractivity contribution < 1.29 is 14.3 Å². The molecule has 6 heteroatoms. The first kappa shape index (κ1) is 18.3. The van der Waals surface area contributed by atoms with Gasteiger partial charge in [-0.1, -0.05) is 35.9 Å². The molecule has 1 fully saturated rings. The molecule has 2 amide bonds. The van der Waals surface area contributed by atoms with Crippen LogP contribution in [-0.2, 0) is 9.59 Å². The molecule has 2 aromatic carbocycles. The van der Waals surface area contributed by atoms with Gasteiger partial charge in [-0.15, -0.1) is 0 Å². The van der Waals surface area contributed by atoms with Crippen LogP contribution < -0.4 is 15.0 Å². The number of rotatable bonds is 6. The lowest BCUT2D eigenvalue weighted by molar-refractivity contribution is -0.126. The fraction of sp³-hybridized carbons (Fsp3) is 0.300. The van der Waals surface area contributed by atoms with E-state index in [4.69, 9.17) is 16.3 Å². The fourth-order valence-electron chi connectivity index (χ4n) is 2.98. The molecule has 2 aromatic rings. The number of halogens is 1. The molecule has 0 saturated carbocycles. The lowest BCUT2D eigenvalue weighted by Crippen LogP contribution is -2.35. The van der Waals surface area contributed by atoms with E-state index < -0.39 is 0 Å². The van der Waals surface area contributed by atoms with Crippen LogP contribution in [0.4, 0.5) is 5.69 Å². The minimum atomic E-state index is -0.377. The van der Waals surface area contributed by atoms with E-state index in [1.54, 1.807) is 17.0 Å². The average molecular weight is 373 g/mol. The highest BCUT2D eigenvalue weighted by Crippen LogP contribution is 2.30. The molecule has 0 spiro atoms. The van der Waals surface area contributed by atoms with Crippen LogP contribution in [0.15, 0.2) is 48.5 Å². The number of aryl methyl sites for hydroxylation is 1. The van der Waals surface area contributed by atoms with Crippen LogP contribution in [0.3, 0.4) is 0 Å². The Balaban J connectivity index is 1.48. The van der Waals surface area contributed by atoms with Gasteiger partial charge in [0.15, 0.2) is 0 Å². The van der Waals surface area contributed by atoms with Crippen LogP contribution in [0.1, 0.15) is 12.0 Å². The molecular weight excluding hydrogens is 352 g/mol. The fourth-order valence-corrected chi connectivity index (χ4v) is 3.22. The van der Waals surface area contributed by atoms with Crippen LogP contribution in [0.5, 0.6) is 5.75 Å². The Morgan fingerprint density at radius 1 is 1.27 bits per heavy atom. The summed E-state index contributed by atoms with van der Waals surface area (Å²) in [4.78, 5) is 26.2. The molecule has 5 nitrogen and oxygen atoms in total. The Morgan fingerprint density at radius 2 is 2.08 bits per heavy atom. The number of benzene rings is 2. The third-order valence-corrected chi connectivity index (χ3v) is 4.62. The second-order valence-electron chi connectivity index (χ2n) is 6.31. The van der Waals surface area contributed by atoms with Gasteiger partial charge in [0.2, 0.25) is 11.8 Å². The highest BCUT2D eigenvalue weighted by molar-refractivity contribution is 6.33. The van der Waals surface area contributed by atoms with Gasteiger partial charge in [0.05, 0.1) is 23.2 Å². The smallest absolute Gasteiger partial charge is 0.227 e. The summed E-state index contributed by atoms with van der Waals surface area (Å²) in [6.07, 6.45) is 0.190. The number of carbonyl (C=O) groups excluding carboxylic acids is 2. The summed E-state index contributed by atoms with van der Waals surface area (Å²) in [7, 11) is 0. The van der Waals surface area contributed by atoms with E-state index in [0.717, 1.165) is 11.3 Å². The Kier molecular flexibility index (Phi) is 5.78. The summed E-state index contributed by atoms with van der Waals surface area (Å²) in [5.74, 6) is 0.174. The van der Waals surface area contributed by atoms with Crippen molar-refractivity contribution in [2.45, 2.75) is 13.3 Å². The first-order valence-electron chi connectivity index (χ1n) is 8.56. The van der Waals surface area contributed by atoms with E-state index in [1.807, 2.05) is 43.3 Å². The normalized spacial score (nSPS) is 16.6. The van der Waals surface area contributed by atoms with Crippen molar-refractivity contribution in [2.75, 3.05) is 24.6 Å². The maximum atomic E-state index is 12.3. The quantitative estimate of drug-likeness (QED) is 0.792. The summed E-state index contributed by atoms with van der Waals surface area (Å²) in [6, 6.07) is 14.9. The first-order chi connectivity index (χ1) is 12.5. The van der Waals surface area contributed by atoms with Crippen LogP contribution in [0.25, 0.3) is 0 Å². The van der Waals surface area contributed by atoms with Crippen molar-refractivity contribution in [3.8, 4) is 5.75 Å². The number of hydrogen-bond acceptors (Lipinski definition) is 3. The second-order valence-corrected chi connectivity index (χ2v) is 6.72. The van der Waals surface area contributed by atoms with E-state index in [-0.39, 0.29) is 24.2 Å². The molecule has 1 aliphatic rings. The van der Waals surface area contributed by atoms with Gasteiger partial charge < -0.3 is 15.0 Å². The van der Waals surface area contributed by atoms with Gasteiger partial charge in [-0.25, -0.2) is 0 Å². The van der Waals surface area contributed by atoms with Gasteiger partial charge in [-0.2, -0.15) is 0 Å². The molecule has 0 aliphatic carbocycles. The third kappa shape index (κ3) is 4.35. The summed E-state index contributed by atoms with van der Waals surface area (Å²) in [6.45, 7) is 3.11.